The highest BCUT2D eigenvalue weighted by Crippen LogP contribution is 2.34. The lowest BCUT2D eigenvalue weighted by Crippen LogP contribution is -2.59. The second-order valence-corrected chi connectivity index (χ2v) is 6.97. The standard InChI is InChI=1S/C19H26F2N2O3/c20-18(21)26-16-6-4-15(5-7-16)17(24)22-14-19(8-2-1-3-9-19)23-10-12-25-13-11-23/h4-7,18H,1-3,8-14H2,(H,22,24). The monoisotopic (exact) mass is 368 g/mol. The molecule has 1 amide bonds. The van der Waals surface area contributed by atoms with Crippen molar-refractivity contribution in [3.05, 3.63) is 29.8 Å². The Hall–Kier alpha value is -1.73. The number of hydrogen-bond donors (Lipinski definition) is 1. The molecule has 7 heteroatoms. The Bertz CT molecular complexity index is 583. The second-order valence-electron chi connectivity index (χ2n) is 6.97. The van der Waals surface area contributed by atoms with E-state index in [2.05, 4.69) is 15.0 Å². The zero-order valence-electron chi connectivity index (χ0n) is 14.9. The van der Waals surface area contributed by atoms with Crippen LogP contribution >= 0.6 is 0 Å². The number of rotatable bonds is 6. The summed E-state index contributed by atoms with van der Waals surface area (Å²) in [5.74, 6) is -0.138. The normalized spacial score (nSPS) is 20.7. The second kappa shape index (κ2) is 8.77. The molecule has 1 N–H and O–H groups in total. The third-order valence-corrected chi connectivity index (χ3v) is 5.39. The van der Waals surface area contributed by atoms with E-state index in [9.17, 15) is 13.6 Å². The van der Waals surface area contributed by atoms with Crippen molar-refractivity contribution < 1.29 is 23.0 Å². The van der Waals surface area contributed by atoms with Crippen molar-refractivity contribution in [3.8, 4) is 5.75 Å². The average molecular weight is 368 g/mol. The van der Waals surface area contributed by atoms with Crippen LogP contribution in [0.3, 0.4) is 0 Å². The van der Waals surface area contributed by atoms with Gasteiger partial charge in [0.05, 0.1) is 13.2 Å². The topological polar surface area (TPSA) is 50.8 Å². The molecule has 0 spiro atoms. The number of nitrogens with zero attached hydrogens (tertiary/aromatic N) is 1. The Morgan fingerprint density at radius 3 is 2.42 bits per heavy atom. The molecule has 2 aliphatic rings. The van der Waals surface area contributed by atoms with Crippen molar-refractivity contribution in [1.82, 2.24) is 10.2 Å². The molecule has 144 valence electrons. The van der Waals surface area contributed by atoms with Gasteiger partial charge in [0.2, 0.25) is 0 Å². The van der Waals surface area contributed by atoms with Crippen molar-refractivity contribution in [2.24, 2.45) is 0 Å². The fourth-order valence-electron chi connectivity index (χ4n) is 3.99. The summed E-state index contributed by atoms with van der Waals surface area (Å²) in [6.45, 7) is 1.00. The maximum atomic E-state index is 12.5. The molecule has 3 rings (SSSR count). The summed E-state index contributed by atoms with van der Waals surface area (Å²) in [5.41, 5.74) is 0.440. The molecule has 0 radical (unpaired) electrons. The minimum absolute atomic E-state index is 0.00355. The number of morpholine rings is 1. The van der Waals surface area contributed by atoms with Crippen molar-refractivity contribution in [1.29, 1.82) is 0 Å². The Balaban J connectivity index is 1.61. The van der Waals surface area contributed by atoms with E-state index in [0.29, 0.717) is 12.1 Å². The van der Waals surface area contributed by atoms with Crippen molar-refractivity contribution in [2.45, 2.75) is 44.3 Å². The molecule has 26 heavy (non-hydrogen) atoms. The third-order valence-electron chi connectivity index (χ3n) is 5.39. The van der Waals surface area contributed by atoms with E-state index in [4.69, 9.17) is 4.74 Å². The lowest BCUT2D eigenvalue weighted by molar-refractivity contribution is -0.0498. The molecule has 0 aromatic heterocycles. The van der Waals surface area contributed by atoms with Crippen LogP contribution in [0.5, 0.6) is 5.75 Å². The van der Waals surface area contributed by atoms with E-state index < -0.39 is 6.61 Å². The molecule has 1 aromatic carbocycles. The molecule has 0 bridgehead atoms. The number of alkyl halides is 2. The molecule has 1 saturated heterocycles. The fraction of sp³-hybridized carbons (Fsp3) is 0.632. The minimum Gasteiger partial charge on any atom is -0.435 e. The molecule has 1 saturated carbocycles. The molecule has 0 unspecified atom stereocenters. The Labute approximate surface area is 152 Å². The summed E-state index contributed by atoms with van der Waals surface area (Å²) in [4.78, 5) is 15.0. The highest BCUT2D eigenvalue weighted by molar-refractivity contribution is 5.94. The predicted octanol–water partition coefficient (Wildman–Crippen LogP) is 3.05. The van der Waals surface area contributed by atoms with Crippen LogP contribution in [0.1, 0.15) is 42.5 Å². The Kier molecular flexibility index (Phi) is 6.43. The van der Waals surface area contributed by atoms with Gasteiger partial charge < -0.3 is 14.8 Å². The number of nitrogens with one attached hydrogen (secondary N) is 1. The van der Waals surface area contributed by atoms with Gasteiger partial charge in [-0.25, -0.2) is 0 Å². The fourth-order valence-corrected chi connectivity index (χ4v) is 3.99. The zero-order valence-corrected chi connectivity index (χ0v) is 14.9. The average Bonchev–Trinajstić information content (AvgIpc) is 2.68. The van der Waals surface area contributed by atoms with Crippen LogP contribution in [-0.2, 0) is 4.74 Å². The Morgan fingerprint density at radius 1 is 1.15 bits per heavy atom. The first-order valence-electron chi connectivity index (χ1n) is 9.25. The lowest BCUT2D eigenvalue weighted by Gasteiger charge is -2.48. The van der Waals surface area contributed by atoms with Gasteiger partial charge in [-0.05, 0) is 37.1 Å². The molecule has 1 aromatic rings. The molecule has 1 aliphatic carbocycles. The first kappa shape index (κ1) is 19.0. The SMILES string of the molecule is O=C(NCC1(N2CCOCC2)CCCCC1)c1ccc(OC(F)F)cc1. The molecular weight excluding hydrogens is 342 g/mol. The van der Waals surface area contributed by atoms with E-state index in [1.54, 1.807) is 0 Å². The van der Waals surface area contributed by atoms with E-state index in [1.807, 2.05) is 0 Å². The summed E-state index contributed by atoms with van der Waals surface area (Å²) in [6, 6.07) is 5.80. The first-order valence-corrected chi connectivity index (χ1v) is 9.25. The van der Waals surface area contributed by atoms with Crippen LogP contribution in [0.4, 0.5) is 8.78 Å². The molecule has 1 aliphatic heterocycles. The summed E-state index contributed by atoms with van der Waals surface area (Å²) in [5, 5.41) is 3.06. The number of carbonyl (C=O) groups is 1. The molecule has 5 nitrogen and oxygen atoms in total. The van der Waals surface area contributed by atoms with Gasteiger partial charge in [0.25, 0.3) is 5.91 Å². The van der Waals surface area contributed by atoms with Gasteiger partial charge in [-0.15, -0.1) is 0 Å². The minimum atomic E-state index is -2.87. The van der Waals surface area contributed by atoms with Crippen LogP contribution in [-0.4, -0.2) is 55.8 Å². The quantitative estimate of drug-likeness (QED) is 0.839. The van der Waals surface area contributed by atoms with Gasteiger partial charge in [0, 0.05) is 30.7 Å². The number of ether oxygens (including phenoxy) is 2. The third kappa shape index (κ3) is 4.71. The summed E-state index contributed by atoms with van der Waals surface area (Å²) < 4.78 is 34.2. The molecule has 1 heterocycles. The van der Waals surface area contributed by atoms with Gasteiger partial charge in [-0.2, -0.15) is 8.78 Å². The number of hydrogen-bond acceptors (Lipinski definition) is 4. The van der Waals surface area contributed by atoms with Crippen molar-refractivity contribution in [3.63, 3.8) is 0 Å². The van der Waals surface area contributed by atoms with Gasteiger partial charge >= 0.3 is 6.61 Å². The van der Waals surface area contributed by atoms with E-state index in [-0.39, 0.29) is 17.2 Å². The van der Waals surface area contributed by atoms with Crippen LogP contribution in [0.25, 0.3) is 0 Å². The zero-order chi connectivity index (χ0) is 18.4. The van der Waals surface area contributed by atoms with Crippen molar-refractivity contribution >= 4 is 5.91 Å². The largest absolute Gasteiger partial charge is 0.435 e. The number of halogens is 2. The van der Waals surface area contributed by atoms with E-state index >= 15 is 0 Å². The highest BCUT2D eigenvalue weighted by Gasteiger charge is 2.38. The maximum absolute atomic E-state index is 12.5. The van der Waals surface area contributed by atoms with Crippen molar-refractivity contribution in [2.75, 3.05) is 32.8 Å². The van der Waals surface area contributed by atoms with Gasteiger partial charge in [0.1, 0.15) is 5.75 Å². The van der Waals surface area contributed by atoms with Crippen LogP contribution in [0.15, 0.2) is 24.3 Å². The molecule has 0 atom stereocenters. The van der Waals surface area contributed by atoms with E-state index in [1.165, 1.54) is 43.5 Å². The van der Waals surface area contributed by atoms with Gasteiger partial charge in [-0.1, -0.05) is 19.3 Å². The maximum Gasteiger partial charge on any atom is 0.387 e. The van der Waals surface area contributed by atoms with Crippen LogP contribution in [0, 0.1) is 0 Å². The summed E-state index contributed by atoms with van der Waals surface area (Å²) in [6.07, 6.45) is 5.74. The van der Waals surface area contributed by atoms with E-state index in [0.717, 1.165) is 39.1 Å². The molecule has 2 fully saturated rings. The molecular formula is C19H26F2N2O3. The van der Waals surface area contributed by atoms with Gasteiger partial charge in [0.15, 0.2) is 0 Å². The highest BCUT2D eigenvalue weighted by atomic mass is 19.3. The first-order chi connectivity index (χ1) is 12.6. The number of carbonyl (C=O) groups excluding carboxylic acids is 1. The lowest BCUT2D eigenvalue weighted by atomic mass is 9.79. The summed E-state index contributed by atoms with van der Waals surface area (Å²) >= 11 is 0. The van der Waals surface area contributed by atoms with Crippen LogP contribution < -0.4 is 10.1 Å². The Morgan fingerprint density at radius 2 is 1.81 bits per heavy atom. The smallest absolute Gasteiger partial charge is 0.387 e. The predicted molar refractivity (Wildman–Crippen MR) is 93.6 cm³/mol. The van der Waals surface area contributed by atoms with Gasteiger partial charge in [-0.3, -0.25) is 9.69 Å². The van der Waals surface area contributed by atoms with Crippen LogP contribution in [0.2, 0.25) is 0 Å². The number of amides is 1. The number of benzene rings is 1. The summed E-state index contributed by atoms with van der Waals surface area (Å²) in [7, 11) is 0.